The number of hydrogen-bond acceptors (Lipinski definition) is 4. The molecular formula is C18H21BrN2O4S. The molecule has 26 heavy (non-hydrogen) atoms. The highest BCUT2D eigenvalue weighted by atomic mass is 79.9. The molecule has 1 amide bonds. The normalized spacial score (nSPS) is 11.4. The largest absolute Gasteiger partial charge is 0.495 e. The lowest BCUT2D eigenvalue weighted by Crippen LogP contribution is -2.37. The summed E-state index contributed by atoms with van der Waals surface area (Å²) < 4.78 is 32.6. The molecule has 2 rings (SSSR count). The van der Waals surface area contributed by atoms with Crippen LogP contribution < -0.4 is 10.1 Å². The first-order valence-corrected chi connectivity index (χ1v) is 10.2. The van der Waals surface area contributed by atoms with Crippen LogP contribution in [0, 0.1) is 6.92 Å². The molecule has 6 nitrogen and oxygen atoms in total. The van der Waals surface area contributed by atoms with Gasteiger partial charge in [0.1, 0.15) is 5.75 Å². The molecule has 0 fully saturated rings. The van der Waals surface area contributed by atoms with E-state index in [-0.39, 0.29) is 18.0 Å². The number of sulfonamides is 1. The average molecular weight is 441 g/mol. The number of likely N-dealkylation sites (N-methyl/N-ethyl adjacent to an activating group) is 1. The first-order chi connectivity index (χ1) is 12.3. The molecule has 2 aromatic rings. The highest BCUT2D eigenvalue weighted by Gasteiger charge is 2.25. The number of carbonyl (C=O) groups is 1. The topological polar surface area (TPSA) is 75.7 Å². The van der Waals surface area contributed by atoms with E-state index in [0.717, 1.165) is 14.3 Å². The standard InChI is InChI=1S/C18H21BrN2O4S/c1-4-21(26(23,24)15-8-6-14(19)7-9-15)12-18(22)20-16-11-13(2)5-10-17(16)25-3/h5-11H,4,12H2,1-3H3,(H,20,22). The van der Waals surface area contributed by atoms with Crippen LogP contribution in [-0.2, 0) is 14.8 Å². The fourth-order valence-electron chi connectivity index (χ4n) is 2.39. The monoisotopic (exact) mass is 440 g/mol. The van der Waals surface area contributed by atoms with Crippen LogP contribution >= 0.6 is 15.9 Å². The maximum atomic E-state index is 12.7. The van der Waals surface area contributed by atoms with E-state index in [9.17, 15) is 13.2 Å². The second kappa shape index (κ2) is 8.66. The molecule has 0 saturated heterocycles. The smallest absolute Gasteiger partial charge is 0.243 e. The number of amides is 1. The number of anilines is 1. The van der Waals surface area contributed by atoms with E-state index in [1.807, 2.05) is 13.0 Å². The van der Waals surface area contributed by atoms with Gasteiger partial charge in [-0.2, -0.15) is 4.31 Å². The Kier molecular flexibility index (Phi) is 6.80. The molecule has 8 heteroatoms. The van der Waals surface area contributed by atoms with Crippen LogP contribution in [0.4, 0.5) is 5.69 Å². The summed E-state index contributed by atoms with van der Waals surface area (Å²) in [6, 6.07) is 11.7. The van der Waals surface area contributed by atoms with E-state index in [4.69, 9.17) is 4.74 Å². The summed E-state index contributed by atoms with van der Waals surface area (Å²) in [5.41, 5.74) is 1.46. The summed E-state index contributed by atoms with van der Waals surface area (Å²) >= 11 is 3.28. The first-order valence-electron chi connectivity index (χ1n) is 7.98. The third-order valence-corrected chi connectivity index (χ3v) is 6.22. The zero-order valence-electron chi connectivity index (χ0n) is 14.8. The molecule has 0 unspecified atom stereocenters. The van der Waals surface area contributed by atoms with E-state index >= 15 is 0 Å². The lowest BCUT2D eigenvalue weighted by atomic mass is 10.2. The number of nitrogens with zero attached hydrogens (tertiary/aromatic N) is 1. The number of methoxy groups -OCH3 is 1. The van der Waals surface area contributed by atoms with Gasteiger partial charge in [-0.1, -0.05) is 28.9 Å². The lowest BCUT2D eigenvalue weighted by molar-refractivity contribution is -0.116. The number of aryl methyl sites for hydroxylation is 1. The summed E-state index contributed by atoms with van der Waals surface area (Å²) in [4.78, 5) is 12.6. The summed E-state index contributed by atoms with van der Waals surface area (Å²) in [6.45, 7) is 3.48. The van der Waals surface area contributed by atoms with Gasteiger partial charge in [-0.3, -0.25) is 4.79 Å². The molecule has 0 radical (unpaired) electrons. The van der Waals surface area contributed by atoms with Crippen LogP contribution in [-0.4, -0.2) is 38.8 Å². The number of halogens is 1. The molecule has 1 N–H and O–H groups in total. The van der Waals surface area contributed by atoms with Crippen LogP contribution in [0.5, 0.6) is 5.75 Å². The highest BCUT2D eigenvalue weighted by molar-refractivity contribution is 9.10. The van der Waals surface area contributed by atoms with Crippen molar-refractivity contribution in [2.75, 3.05) is 25.5 Å². The molecule has 0 atom stereocenters. The Hall–Kier alpha value is -1.90. The number of benzene rings is 2. The van der Waals surface area contributed by atoms with Crippen LogP contribution in [0.15, 0.2) is 51.8 Å². The molecule has 2 aromatic carbocycles. The van der Waals surface area contributed by atoms with Crippen molar-refractivity contribution in [2.24, 2.45) is 0 Å². The fourth-order valence-corrected chi connectivity index (χ4v) is 4.06. The Bertz CT molecular complexity index is 883. The van der Waals surface area contributed by atoms with Crippen LogP contribution in [0.3, 0.4) is 0 Å². The Morgan fingerprint density at radius 1 is 1.19 bits per heavy atom. The van der Waals surface area contributed by atoms with E-state index in [2.05, 4.69) is 21.2 Å². The molecule has 0 aromatic heterocycles. The average Bonchev–Trinajstić information content (AvgIpc) is 2.60. The number of nitrogens with one attached hydrogen (secondary N) is 1. The maximum absolute atomic E-state index is 12.7. The first kappa shape index (κ1) is 20.4. The van der Waals surface area contributed by atoms with Gasteiger partial charge in [-0.05, 0) is 48.9 Å². The van der Waals surface area contributed by atoms with Gasteiger partial charge in [0.15, 0.2) is 0 Å². The Morgan fingerprint density at radius 3 is 2.42 bits per heavy atom. The van der Waals surface area contributed by atoms with E-state index < -0.39 is 15.9 Å². The lowest BCUT2D eigenvalue weighted by Gasteiger charge is -2.20. The van der Waals surface area contributed by atoms with E-state index in [1.54, 1.807) is 31.2 Å². The Labute approximate surface area is 162 Å². The highest BCUT2D eigenvalue weighted by Crippen LogP contribution is 2.25. The van der Waals surface area contributed by atoms with Crippen molar-refractivity contribution in [3.63, 3.8) is 0 Å². The number of hydrogen-bond donors (Lipinski definition) is 1. The minimum Gasteiger partial charge on any atom is -0.495 e. The number of ether oxygens (including phenoxy) is 1. The molecule has 0 spiro atoms. The number of rotatable bonds is 7. The van der Waals surface area contributed by atoms with Gasteiger partial charge >= 0.3 is 0 Å². The minimum atomic E-state index is -3.76. The second-order valence-corrected chi connectivity index (χ2v) is 8.49. The predicted octanol–water partition coefficient (Wildman–Crippen LogP) is 3.42. The van der Waals surface area contributed by atoms with Crippen molar-refractivity contribution in [3.05, 3.63) is 52.5 Å². The summed E-state index contributed by atoms with van der Waals surface area (Å²) in [6.07, 6.45) is 0. The summed E-state index contributed by atoms with van der Waals surface area (Å²) in [5.74, 6) is 0.0826. The van der Waals surface area contributed by atoms with Gasteiger partial charge in [0.25, 0.3) is 0 Å². The van der Waals surface area contributed by atoms with Crippen LogP contribution in [0.2, 0.25) is 0 Å². The van der Waals surface area contributed by atoms with E-state index in [0.29, 0.717) is 11.4 Å². The van der Waals surface area contributed by atoms with Crippen molar-refractivity contribution in [1.82, 2.24) is 4.31 Å². The minimum absolute atomic E-state index is 0.142. The Morgan fingerprint density at radius 2 is 1.85 bits per heavy atom. The molecular weight excluding hydrogens is 420 g/mol. The van der Waals surface area contributed by atoms with Crippen molar-refractivity contribution >= 4 is 37.5 Å². The van der Waals surface area contributed by atoms with Gasteiger partial charge in [0.2, 0.25) is 15.9 Å². The number of carbonyl (C=O) groups excluding carboxylic acids is 1. The van der Waals surface area contributed by atoms with Gasteiger partial charge < -0.3 is 10.1 Å². The van der Waals surface area contributed by atoms with Gasteiger partial charge in [0, 0.05) is 11.0 Å². The van der Waals surface area contributed by atoms with Crippen LogP contribution in [0.25, 0.3) is 0 Å². The zero-order valence-corrected chi connectivity index (χ0v) is 17.2. The predicted molar refractivity (Wildman–Crippen MR) is 105 cm³/mol. The Balaban J connectivity index is 2.18. The third-order valence-electron chi connectivity index (χ3n) is 3.75. The fraction of sp³-hybridized carbons (Fsp3) is 0.278. The van der Waals surface area contributed by atoms with Crippen molar-refractivity contribution in [2.45, 2.75) is 18.7 Å². The third kappa shape index (κ3) is 4.84. The van der Waals surface area contributed by atoms with Gasteiger partial charge in [0.05, 0.1) is 24.2 Å². The molecule has 0 bridgehead atoms. The summed E-state index contributed by atoms with van der Waals surface area (Å²) in [7, 11) is -2.25. The quantitative estimate of drug-likeness (QED) is 0.715. The summed E-state index contributed by atoms with van der Waals surface area (Å²) in [5, 5.41) is 2.72. The van der Waals surface area contributed by atoms with Gasteiger partial charge in [-0.15, -0.1) is 0 Å². The van der Waals surface area contributed by atoms with E-state index in [1.165, 1.54) is 19.2 Å². The zero-order chi connectivity index (χ0) is 19.3. The van der Waals surface area contributed by atoms with Crippen LogP contribution in [0.1, 0.15) is 12.5 Å². The van der Waals surface area contributed by atoms with Crippen molar-refractivity contribution in [3.8, 4) is 5.75 Å². The molecule has 0 heterocycles. The van der Waals surface area contributed by atoms with Crippen molar-refractivity contribution < 1.29 is 17.9 Å². The molecule has 0 aliphatic heterocycles. The maximum Gasteiger partial charge on any atom is 0.243 e. The molecule has 0 aliphatic carbocycles. The molecule has 0 aliphatic rings. The van der Waals surface area contributed by atoms with Crippen molar-refractivity contribution in [1.29, 1.82) is 0 Å². The second-order valence-electron chi connectivity index (χ2n) is 5.64. The SMILES string of the molecule is CCN(CC(=O)Nc1cc(C)ccc1OC)S(=O)(=O)c1ccc(Br)cc1. The van der Waals surface area contributed by atoms with Gasteiger partial charge in [-0.25, -0.2) is 8.42 Å². The molecule has 0 saturated carbocycles. The molecule has 140 valence electrons.